The van der Waals surface area contributed by atoms with Crippen LogP contribution in [0.25, 0.3) is 0 Å². The molecule has 1 aromatic carbocycles. The highest BCUT2D eigenvalue weighted by Crippen LogP contribution is 2.39. The first-order valence-corrected chi connectivity index (χ1v) is 11.8. The van der Waals surface area contributed by atoms with Gasteiger partial charge in [-0.15, -0.1) is 0 Å². The molecule has 0 spiro atoms. The Hall–Kier alpha value is -3.32. The Bertz CT molecular complexity index is 1020. The predicted octanol–water partition coefficient (Wildman–Crippen LogP) is 0.776. The second-order valence-corrected chi connectivity index (χ2v) is 9.13. The number of carbonyl (C=O) groups is 1. The molecule has 180 valence electrons. The van der Waals surface area contributed by atoms with Crippen LogP contribution in [0.4, 0.5) is 16.4 Å². The van der Waals surface area contributed by atoms with Crippen molar-refractivity contribution in [1.29, 1.82) is 0 Å². The summed E-state index contributed by atoms with van der Waals surface area (Å²) in [6, 6.07) is 4.33. The van der Waals surface area contributed by atoms with E-state index in [0.717, 1.165) is 0 Å². The fourth-order valence-electron chi connectivity index (χ4n) is 3.37. The summed E-state index contributed by atoms with van der Waals surface area (Å²) < 4.78 is 42.5. The number of anilines is 2. The highest BCUT2D eigenvalue weighted by atomic mass is 32.2. The first-order chi connectivity index (χ1) is 15.9. The summed E-state index contributed by atoms with van der Waals surface area (Å²) in [5, 5.41) is 5.20. The quantitative estimate of drug-likeness (QED) is 0.534. The van der Waals surface area contributed by atoms with E-state index >= 15 is 0 Å². The van der Waals surface area contributed by atoms with Gasteiger partial charge in [0.25, 0.3) is 0 Å². The number of urea groups is 1. The van der Waals surface area contributed by atoms with Crippen LogP contribution in [-0.2, 0) is 10.0 Å². The predicted molar refractivity (Wildman–Crippen MR) is 123 cm³/mol. The van der Waals surface area contributed by atoms with Crippen LogP contribution >= 0.6 is 0 Å². The molecule has 0 unspecified atom stereocenters. The molecule has 0 radical (unpaired) electrons. The molecular formula is C20H28N6O6S. The molecule has 12 nitrogen and oxygen atoms in total. The second-order valence-electron chi connectivity index (χ2n) is 7.05. The number of amides is 2. The van der Waals surface area contributed by atoms with Gasteiger partial charge >= 0.3 is 6.03 Å². The van der Waals surface area contributed by atoms with Crippen molar-refractivity contribution in [1.82, 2.24) is 19.6 Å². The number of sulfonamides is 1. The summed E-state index contributed by atoms with van der Waals surface area (Å²) in [5.41, 5.74) is 0.407. The third-order valence-electron chi connectivity index (χ3n) is 5.04. The maximum atomic E-state index is 12.7. The molecule has 0 saturated carbocycles. The Morgan fingerprint density at radius 2 is 1.61 bits per heavy atom. The number of nitrogens with zero attached hydrogens (tertiary/aromatic N) is 4. The molecule has 0 bridgehead atoms. The van der Waals surface area contributed by atoms with Crippen molar-refractivity contribution >= 4 is 27.7 Å². The van der Waals surface area contributed by atoms with Crippen LogP contribution in [-0.4, -0.2) is 88.5 Å². The molecule has 3 rings (SSSR count). The van der Waals surface area contributed by atoms with Gasteiger partial charge < -0.3 is 29.7 Å². The first-order valence-electron chi connectivity index (χ1n) is 10.2. The zero-order valence-corrected chi connectivity index (χ0v) is 19.6. The lowest BCUT2D eigenvalue weighted by Gasteiger charge is -2.33. The number of methoxy groups -OCH3 is 3. The van der Waals surface area contributed by atoms with Crippen molar-refractivity contribution in [3.05, 3.63) is 30.6 Å². The number of ether oxygens (including phenoxy) is 3. The van der Waals surface area contributed by atoms with Crippen molar-refractivity contribution in [2.45, 2.75) is 0 Å². The molecular weight excluding hydrogens is 452 g/mol. The average Bonchev–Trinajstić information content (AvgIpc) is 2.83. The van der Waals surface area contributed by atoms with E-state index in [1.165, 1.54) is 25.6 Å². The molecule has 1 aliphatic rings. The van der Waals surface area contributed by atoms with Gasteiger partial charge in [0.2, 0.25) is 21.7 Å². The third-order valence-corrected chi connectivity index (χ3v) is 6.91. The molecule has 2 heterocycles. The number of nitrogens with one attached hydrogen (secondary N) is 2. The summed E-state index contributed by atoms with van der Waals surface area (Å²) >= 11 is 0. The summed E-state index contributed by atoms with van der Waals surface area (Å²) in [4.78, 5) is 22.6. The monoisotopic (exact) mass is 480 g/mol. The largest absolute Gasteiger partial charge is 0.493 e. The van der Waals surface area contributed by atoms with E-state index in [4.69, 9.17) is 14.2 Å². The summed E-state index contributed by atoms with van der Waals surface area (Å²) in [6.45, 7) is 1.62. The van der Waals surface area contributed by atoms with Crippen LogP contribution in [0.15, 0.2) is 30.6 Å². The number of aromatic nitrogens is 2. The van der Waals surface area contributed by atoms with E-state index in [1.807, 2.05) is 4.90 Å². The average molecular weight is 481 g/mol. The minimum absolute atomic E-state index is 0.0411. The zero-order chi connectivity index (χ0) is 23.8. The molecule has 1 saturated heterocycles. The summed E-state index contributed by atoms with van der Waals surface area (Å²) in [7, 11) is 0.903. The highest BCUT2D eigenvalue weighted by Gasteiger charge is 2.27. The lowest BCUT2D eigenvalue weighted by Crippen LogP contribution is -2.50. The van der Waals surface area contributed by atoms with Crippen molar-refractivity contribution in [3.8, 4) is 17.2 Å². The lowest BCUT2D eigenvalue weighted by atomic mass is 10.2. The minimum atomic E-state index is -3.52. The Morgan fingerprint density at radius 1 is 1.00 bits per heavy atom. The third kappa shape index (κ3) is 6.14. The van der Waals surface area contributed by atoms with E-state index in [2.05, 4.69) is 20.6 Å². The minimum Gasteiger partial charge on any atom is -0.493 e. The van der Waals surface area contributed by atoms with E-state index < -0.39 is 16.1 Å². The van der Waals surface area contributed by atoms with Crippen LogP contribution < -0.4 is 29.7 Å². The molecule has 2 N–H and O–H groups in total. The molecule has 1 aromatic heterocycles. The van der Waals surface area contributed by atoms with Crippen molar-refractivity contribution in [2.75, 3.05) is 70.0 Å². The molecule has 33 heavy (non-hydrogen) atoms. The van der Waals surface area contributed by atoms with Gasteiger partial charge in [0.15, 0.2) is 11.5 Å². The van der Waals surface area contributed by atoms with E-state index in [-0.39, 0.29) is 12.3 Å². The summed E-state index contributed by atoms with van der Waals surface area (Å²) in [6.07, 6.45) is 3.31. The van der Waals surface area contributed by atoms with Crippen molar-refractivity contribution < 1.29 is 27.4 Å². The van der Waals surface area contributed by atoms with Gasteiger partial charge in [-0.1, -0.05) is 0 Å². The van der Waals surface area contributed by atoms with E-state index in [9.17, 15) is 13.2 Å². The van der Waals surface area contributed by atoms with Crippen LogP contribution in [0.5, 0.6) is 17.2 Å². The standard InChI is InChI=1S/C20H28N6O6S/c1-30-16-13-15(14-17(31-2)18(16)32-3)24-20(27)23-7-12-33(28,29)26-10-8-25(9-11-26)19-21-5-4-6-22-19/h4-6,13-14H,7-12H2,1-3H3,(H2,23,24,27). The fraction of sp³-hybridized carbons (Fsp3) is 0.450. The summed E-state index contributed by atoms with van der Waals surface area (Å²) in [5.74, 6) is 1.54. The number of carbonyl (C=O) groups excluding carboxylic acids is 1. The van der Waals surface area contributed by atoms with Gasteiger partial charge in [0, 0.05) is 57.3 Å². The Labute approximate surface area is 192 Å². The van der Waals surface area contributed by atoms with Gasteiger partial charge in [-0.05, 0) is 6.07 Å². The van der Waals surface area contributed by atoms with E-state index in [1.54, 1.807) is 30.6 Å². The molecule has 0 atom stereocenters. The Balaban J connectivity index is 1.49. The fourth-order valence-corrected chi connectivity index (χ4v) is 4.71. The number of hydrogen-bond acceptors (Lipinski definition) is 9. The lowest BCUT2D eigenvalue weighted by molar-refractivity contribution is 0.252. The van der Waals surface area contributed by atoms with Gasteiger partial charge in [-0.2, -0.15) is 4.31 Å². The van der Waals surface area contributed by atoms with Gasteiger partial charge in [0.1, 0.15) is 0 Å². The zero-order valence-electron chi connectivity index (χ0n) is 18.8. The molecule has 2 aromatic rings. The molecule has 2 amide bonds. The maximum absolute atomic E-state index is 12.7. The van der Waals surface area contributed by atoms with Crippen molar-refractivity contribution in [3.63, 3.8) is 0 Å². The van der Waals surface area contributed by atoms with Crippen LogP contribution in [0.2, 0.25) is 0 Å². The SMILES string of the molecule is COc1cc(NC(=O)NCCS(=O)(=O)N2CCN(c3ncccn3)CC2)cc(OC)c1OC. The number of piperazine rings is 1. The Kier molecular flexibility index (Phi) is 8.11. The number of hydrogen-bond donors (Lipinski definition) is 2. The maximum Gasteiger partial charge on any atom is 0.319 e. The molecule has 0 aliphatic carbocycles. The van der Waals surface area contributed by atoms with Gasteiger partial charge in [-0.3, -0.25) is 0 Å². The number of benzene rings is 1. The van der Waals surface area contributed by atoms with Crippen LogP contribution in [0.3, 0.4) is 0 Å². The Morgan fingerprint density at radius 3 is 2.15 bits per heavy atom. The van der Waals surface area contributed by atoms with Gasteiger partial charge in [0.05, 0.1) is 32.8 Å². The second kappa shape index (κ2) is 11.0. The molecule has 1 aliphatic heterocycles. The van der Waals surface area contributed by atoms with Crippen molar-refractivity contribution in [2.24, 2.45) is 0 Å². The smallest absolute Gasteiger partial charge is 0.319 e. The highest BCUT2D eigenvalue weighted by molar-refractivity contribution is 7.89. The van der Waals surface area contributed by atoms with E-state index in [0.29, 0.717) is 55.1 Å². The van der Waals surface area contributed by atoms with Crippen LogP contribution in [0, 0.1) is 0 Å². The first kappa shape index (κ1) is 24.3. The van der Waals surface area contributed by atoms with Crippen LogP contribution in [0.1, 0.15) is 0 Å². The molecule has 1 fully saturated rings. The molecule has 13 heteroatoms. The van der Waals surface area contributed by atoms with Gasteiger partial charge in [-0.25, -0.2) is 23.2 Å². The number of rotatable bonds is 9. The normalized spacial score (nSPS) is 14.5. The topological polar surface area (TPSA) is 135 Å².